The van der Waals surface area contributed by atoms with Crippen molar-refractivity contribution in [2.45, 2.75) is 0 Å². The predicted octanol–water partition coefficient (Wildman–Crippen LogP) is 2.59. The van der Waals surface area contributed by atoms with Crippen molar-refractivity contribution >= 4 is 11.6 Å². The Bertz CT molecular complexity index is 633. The van der Waals surface area contributed by atoms with Gasteiger partial charge in [-0.2, -0.15) is 5.26 Å². The second-order valence-corrected chi connectivity index (χ2v) is 4.45. The van der Waals surface area contributed by atoms with E-state index in [9.17, 15) is 4.79 Å². The molecule has 22 heavy (non-hydrogen) atoms. The highest BCUT2D eigenvalue weighted by Crippen LogP contribution is 2.09. The first-order chi connectivity index (χ1) is 10.8. The molecule has 0 saturated heterocycles. The molecule has 0 aliphatic carbocycles. The highest BCUT2D eigenvalue weighted by atomic mass is 16.5. The quantitative estimate of drug-likeness (QED) is 0.797. The average molecular weight is 296 g/mol. The van der Waals surface area contributed by atoms with E-state index in [0.29, 0.717) is 24.5 Å². The molecule has 0 atom stereocenters. The van der Waals surface area contributed by atoms with E-state index < -0.39 is 0 Å². The van der Waals surface area contributed by atoms with Crippen LogP contribution in [0.3, 0.4) is 0 Å². The molecule has 0 aromatic heterocycles. The maximum atomic E-state index is 11.7. The Morgan fingerprint density at radius 2 is 1.77 bits per heavy atom. The number of nitrogens with zero attached hydrogens (tertiary/aromatic N) is 1. The van der Waals surface area contributed by atoms with Gasteiger partial charge >= 0.3 is 0 Å². The lowest BCUT2D eigenvalue weighted by Gasteiger charge is -2.08. The number of amides is 1. The maximum absolute atomic E-state index is 11.7. The SMILES string of the molecule is N#Cc1ccc(NC(=O)COCCOc2ccccc2)cc1. The third kappa shape index (κ3) is 5.27. The highest BCUT2D eigenvalue weighted by Gasteiger charge is 2.02. The van der Waals surface area contributed by atoms with Gasteiger partial charge in [0.05, 0.1) is 18.2 Å². The number of nitriles is 1. The topological polar surface area (TPSA) is 71.4 Å². The van der Waals surface area contributed by atoms with Gasteiger partial charge in [0, 0.05) is 5.69 Å². The molecule has 5 heteroatoms. The molecule has 0 aliphatic heterocycles. The van der Waals surface area contributed by atoms with Crippen molar-refractivity contribution in [3.8, 4) is 11.8 Å². The van der Waals surface area contributed by atoms with E-state index in [1.807, 2.05) is 36.4 Å². The summed E-state index contributed by atoms with van der Waals surface area (Å²) in [5.74, 6) is 0.526. The van der Waals surface area contributed by atoms with Crippen molar-refractivity contribution in [1.82, 2.24) is 0 Å². The van der Waals surface area contributed by atoms with Gasteiger partial charge in [0.2, 0.25) is 5.91 Å². The fourth-order valence-corrected chi connectivity index (χ4v) is 1.73. The fourth-order valence-electron chi connectivity index (χ4n) is 1.73. The van der Waals surface area contributed by atoms with Crippen LogP contribution in [0.4, 0.5) is 5.69 Å². The summed E-state index contributed by atoms with van der Waals surface area (Å²) in [7, 11) is 0. The lowest BCUT2D eigenvalue weighted by atomic mass is 10.2. The van der Waals surface area contributed by atoms with Gasteiger partial charge in [-0.25, -0.2) is 0 Å². The van der Waals surface area contributed by atoms with Crippen molar-refractivity contribution < 1.29 is 14.3 Å². The van der Waals surface area contributed by atoms with E-state index >= 15 is 0 Å². The van der Waals surface area contributed by atoms with E-state index in [2.05, 4.69) is 5.32 Å². The Morgan fingerprint density at radius 3 is 2.45 bits per heavy atom. The molecule has 2 rings (SSSR count). The van der Waals surface area contributed by atoms with Crippen molar-refractivity contribution in [2.75, 3.05) is 25.1 Å². The smallest absolute Gasteiger partial charge is 0.250 e. The number of carbonyl (C=O) groups is 1. The zero-order chi connectivity index (χ0) is 15.6. The lowest BCUT2D eigenvalue weighted by molar-refractivity contribution is -0.120. The van der Waals surface area contributed by atoms with Gasteiger partial charge in [-0.05, 0) is 36.4 Å². The molecule has 1 amide bonds. The first kappa shape index (κ1) is 15.5. The summed E-state index contributed by atoms with van der Waals surface area (Å²) in [5, 5.41) is 11.4. The number of carbonyl (C=O) groups excluding carboxylic acids is 1. The van der Waals surface area contributed by atoms with Gasteiger partial charge in [0.25, 0.3) is 0 Å². The number of anilines is 1. The molecule has 0 unspecified atom stereocenters. The van der Waals surface area contributed by atoms with Crippen LogP contribution in [0.1, 0.15) is 5.56 Å². The zero-order valence-corrected chi connectivity index (χ0v) is 12.0. The number of benzene rings is 2. The Labute approximate surface area is 129 Å². The highest BCUT2D eigenvalue weighted by molar-refractivity contribution is 5.91. The Hall–Kier alpha value is -2.84. The van der Waals surface area contributed by atoms with Crippen LogP contribution < -0.4 is 10.1 Å². The van der Waals surface area contributed by atoms with Gasteiger partial charge in [-0.3, -0.25) is 4.79 Å². The van der Waals surface area contributed by atoms with Crippen LogP contribution in [0.5, 0.6) is 5.75 Å². The summed E-state index contributed by atoms with van der Waals surface area (Å²) in [6.07, 6.45) is 0. The van der Waals surface area contributed by atoms with Crippen molar-refractivity contribution in [3.05, 3.63) is 60.2 Å². The number of ether oxygens (including phenoxy) is 2. The third-order valence-electron chi connectivity index (χ3n) is 2.77. The summed E-state index contributed by atoms with van der Waals surface area (Å²) in [5.41, 5.74) is 1.18. The summed E-state index contributed by atoms with van der Waals surface area (Å²) in [6.45, 7) is 0.669. The monoisotopic (exact) mass is 296 g/mol. The van der Waals surface area contributed by atoms with Crippen LogP contribution in [-0.2, 0) is 9.53 Å². The summed E-state index contributed by atoms with van der Waals surface area (Å²) < 4.78 is 10.7. The molecule has 112 valence electrons. The minimum atomic E-state index is -0.246. The molecular weight excluding hydrogens is 280 g/mol. The molecule has 0 spiro atoms. The van der Waals surface area contributed by atoms with Gasteiger partial charge < -0.3 is 14.8 Å². The van der Waals surface area contributed by atoms with E-state index in [0.717, 1.165) is 5.75 Å². The van der Waals surface area contributed by atoms with Gasteiger partial charge in [-0.15, -0.1) is 0 Å². The third-order valence-corrected chi connectivity index (χ3v) is 2.77. The first-order valence-electron chi connectivity index (χ1n) is 6.83. The predicted molar refractivity (Wildman–Crippen MR) is 82.5 cm³/mol. The molecular formula is C17H16N2O3. The van der Waals surface area contributed by atoms with E-state index in [4.69, 9.17) is 14.7 Å². The fraction of sp³-hybridized carbons (Fsp3) is 0.176. The molecule has 0 saturated carbocycles. The minimum absolute atomic E-state index is 0.0435. The number of nitrogens with one attached hydrogen (secondary N) is 1. The molecule has 5 nitrogen and oxygen atoms in total. The Morgan fingerprint density at radius 1 is 1.05 bits per heavy atom. The van der Waals surface area contributed by atoms with Crippen LogP contribution in [0.15, 0.2) is 54.6 Å². The van der Waals surface area contributed by atoms with Crippen molar-refractivity contribution in [1.29, 1.82) is 5.26 Å². The molecule has 2 aromatic carbocycles. The molecule has 0 radical (unpaired) electrons. The number of hydrogen-bond donors (Lipinski definition) is 1. The van der Waals surface area contributed by atoms with Crippen LogP contribution in [0.25, 0.3) is 0 Å². The van der Waals surface area contributed by atoms with Crippen LogP contribution in [0.2, 0.25) is 0 Å². The minimum Gasteiger partial charge on any atom is -0.491 e. The summed E-state index contributed by atoms with van der Waals surface area (Å²) in [6, 6.07) is 18.1. The Balaban J connectivity index is 1.62. The van der Waals surface area contributed by atoms with E-state index in [-0.39, 0.29) is 12.5 Å². The van der Waals surface area contributed by atoms with E-state index in [1.54, 1.807) is 24.3 Å². The summed E-state index contributed by atoms with van der Waals surface area (Å²) in [4.78, 5) is 11.7. The zero-order valence-electron chi connectivity index (χ0n) is 12.0. The van der Waals surface area contributed by atoms with Crippen LogP contribution in [0, 0.1) is 11.3 Å². The molecule has 0 fully saturated rings. The standard InChI is InChI=1S/C17H16N2O3/c18-12-14-6-8-15(9-7-14)19-17(20)13-21-10-11-22-16-4-2-1-3-5-16/h1-9H,10-11,13H2,(H,19,20). The largest absolute Gasteiger partial charge is 0.491 e. The summed E-state index contributed by atoms with van der Waals surface area (Å²) >= 11 is 0. The number of para-hydroxylation sites is 1. The Kier molecular flexibility index (Phi) is 5.97. The van der Waals surface area contributed by atoms with Crippen molar-refractivity contribution in [2.24, 2.45) is 0 Å². The molecule has 0 heterocycles. The molecule has 0 aliphatic rings. The molecule has 1 N–H and O–H groups in total. The van der Waals surface area contributed by atoms with Gasteiger partial charge in [-0.1, -0.05) is 18.2 Å². The maximum Gasteiger partial charge on any atom is 0.250 e. The molecule has 0 bridgehead atoms. The first-order valence-corrected chi connectivity index (χ1v) is 6.83. The lowest BCUT2D eigenvalue weighted by Crippen LogP contribution is -2.20. The second-order valence-electron chi connectivity index (χ2n) is 4.45. The normalized spacial score (nSPS) is 9.77. The van der Waals surface area contributed by atoms with Crippen molar-refractivity contribution in [3.63, 3.8) is 0 Å². The number of hydrogen-bond acceptors (Lipinski definition) is 4. The molecule has 2 aromatic rings. The van der Waals surface area contributed by atoms with Crippen LogP contribution in [-0.4, -0.2) is 25.7 Å². The second kappa shape index (κ2) is 8.45. The van der Waals surface area contributed by atoms with Gasteiger partial charge in [0.1, 0.15) is 19.0 Å². The van der Waals surface area contributed by atoms with Crippen LogP contribution >= 0.6 is 0 Å². The van der Waals surface area contributed by atoms with E-state index in [1.165, 1.54) is 0 Å². The number of rotatable bonds is 7. The average Bonchev–Trinajstić information content (AvgIpc) is 2.56. The van der Waals surface area contributed by atoms with Gasteiger partial charge in [0.15, 0.2) is 0 Å².